The van der Waals surface area contributed by atoms with Crippen LogP contribution in [0.4, 0.5) is 4.39 Å². The van der Waals surface area contributed by atoms with Crippen LogP contribution in [0.15, 0.2) is 36.4 Å². The minimum atomic E-state index is -0.711. The van der Waals surface area contributed by atoms with Crippen LogP contribution in [0.3, 0.4) is 0 Å². The van der Waals surface area contributed by atoms with Crippen LogP contribution in [0.25, 0.3) is 0 Å². The van der Waals surface area contributed by atoms with E-state index in [0.717, 1.165) is 5.56 Å². The summed E-state index contributed by atoms with van der Waals surface area (Å²) in [6.45, 7) is -0.224. The SMILES string of the molecule is O=C(COC(=O)c1cc(Cl)c2c(c1)OCO2)NCc1ccc(F)cc1. The minimum Gasteiger partial charge on any atom is -0.454 e. The fourth-order valence-electron chi connectivity index (χ4n) is 2.15. The predicted molar refractivity (Wildman–Crippen MR) is 86.1 cm³/mol. The van der Waals surface area contributed by atoms with Crippen LogP contribution >= 0.6 is 11.6 Å². The van der Waals surface area contributed by atoms with Crippen LogP contribution in [0.1, 0.15) is 15.9 Å². The fraction of sp³-hybridized carbons (Fsp3) is 0.176. The molecule has 0 saturated carbocycles. The molecule has 0 radical (unpaired) electrons. The van der Waals surface area contributed by atoms with Gasteiger partial charge >= 0.3 is 5.97 Å². The number of benzene rings is 2. The molecule has 0 atom stereocenters. The first kappa shape index (κ1) is 17.0. The maximum absolute atomic E-state index is 12.8. The quantitative estimate of drug-likeness (QED) is 0.825. The second-order valence-electron chi connectivity index (χ2n) is 5.17. The molecule has 2 aromatic rings. The zero-order valence-electron chi connectivity index (χ0n) is 12.9. The van der Waals surface area contributed by atoms with E-state index >= 15 is 0 Å². The Labute approximate surface area is 147 Å². The largest absolute Gasteiger partial charge is 0.454 e. The van der Waals surface area contributed by atoms with Gasteiger partial charge in [-0.25, -0.2) is 9.18 Å². The number of rotatable bonds is 5. The topological polar surface area (TPSA) is 73.9 Å². The lowest BCUT2D eigenvalue weighted by Crippen LogP contribution is -2.28. The summed E-state index contributed by atoms with van der Waals surface area (Å²) < 4.78 is 28.1. The third kappa shape index (κ3) is 4.19. The van der Waals surface area contributed by atoms with Gasteiger partial charge in [-0.05, 0) is 29.8 Å². The number of carbonyl (C=O) groups is 2. The van der Waals surface area contributed by atoms with Crippen molar-refractivity contribution in [3.63, 3.8) is 0 Å². The van der Waals surface area contributed by atoms with Gasteiger partial charge in [-0.3, -0.25) is 4.79 Å². The van der Waals surface area contributed by atoms with Crippen molar-refractivity contribution in [3.8, 4) is 11.5 Å². The molecule has 25 heavy (non-hydrogen) atoms. The van der Waals surface area contributed by atoms with Gasteiger partial charge in [0.15, 0.2) is 18.1 Å². The Balaban J connectivity index is 1.51. The van der Waals surface area contributed by atoms with Gasteiger partial charge < -0.3 is 19.5 Å². The maximum atomic E-state index is 12.8. The number of hydrogen-bond acceptors (Lipinski definition) is 5. The van der Waals surface area contributed by atoms with Gasteiger partial charge in [0, 0.05) is 6.54 Å². The van der Waals surface area contributed by atoms with E-state index in [1.165, 1.54) is 24.3 Å². The molecule has 1 heterocycles. The molecule has 130 valence electrons. The Hall–Kier alpha value is -2.80. The van der Waals surface area contributed by atoms with E-state index < -0.39 is 18.5 Å². The van der Waals surface area contributed by atoms with Crippen LogP contribution in [0.2, 0.25) is 5.02 Å². The van der Waals surface area contributed by atoms with Crippen LogP contribution in [0, 0.1) is 5.82 Å². The Morgan fingerprint density at radius 3 is 2.72 bits per heavy atom. The summed E-state index contributed by atoms with van der Waals surface area (Å²) in [6.07, 6.45) is 0. The normalized spacial score (nSPS) is 11.9. The Kier molecular flexibility index (Phi) is 5.04. The average molecular weight is 366 g/mol. The number of nitrogens with one attached hydrogen (secondary N) is 1. The van der Waals surface area contributed by atoms with E-state index in [1.54, 1.807) is 12.1 Å². The highest BCUT2D eigenvalue weighted by Gasteiger charge is 2.21. The van der Waals surface area contributed by atoms with Gasteiger partial charge in [-0.1, -0.05) is 23.7 Å². The van der Waals surface area contributed by atoms with Crippen molar-refractivity contribution < 1.29 is 28.2 Å². The first-order chi connectivity index (χ1) is 12.0. The Morgan fingerprint density at radius 2 is 1.96 bits per heavy atom. The third-order valence-electron chi connectivity index (χ3n) is 3.40. The minimum absolute atomic E-state index is 0.0271. The second kappa shape index (κ2) is 7.40. The zero-order chi connectivity index (χ0) is 17.8. The number of ether oxygens (including phenoxy) is 3. The van der Waals surface area contributed by atoms with Crippen molar-refractivity contribution in [2.45, 2.75) is 6.54 Å². The van der Waals surface area contributed by atoms with Crippen LogP contribution in [-0.4, -0.2) is 25.3 Å². The molecule has 0 unspecified atom stereocenters. The number of fused-ring (bicyclic) bond motifs is 1. The molecule has 1 aliphatic rings. The van der Waals surface area contributed by atoms with E-state index in [9.17, 15) is 14.0 Å². The first-order valence-corrected chi connectivity index (χ1v) is 7.68. The number of halogens is 2. The highest BCUT2D eigenvalue weighted by molar-refractivity contribution is 6.32. The summed E-state index contributed by atoms with van der Waals surface area (Å²) in [5.74, 6) is -0.830. The zero-order valence-corrected chi connectivity index (χ0v) is 13.6. The molecular weight excluding hydrogens is 353 g/mol. The number of amides is 1. The van der Waals surface area contributed by atoms with Gasteiger partial charge in [-0.2, -0.15) is 0 Å². The molecule has 0 spiro atoms. The molecule has 0 saturated heterocycles. The van der Waals surface area contributed by atoms with Crippen LogP contribution < -0.4 is 14.8 Å². The Bertz CT molecular complexity index is 809. The van der Waals surface area contributed by atoms with Gasteiger partial charge in [0.1, 0.15) is 5.82 Å². The van der Waals surface area contributed by atoms with E-state index in [-0.39, 0.29) is 29.7 Å². The molecule has 0 aromatic heterocycles. The molecular formula is C17H13ClFNO5. The highest BCUT2D eigenvalue weighted by Crippen LogP contribution is 2.39. The van der Waals surface area contributed by atoms with Crippen molar-refractivity contribution in [3.05, 3.63) is 58.4 Å². The van der Waals surface area contributed by atoms with E-state index in [2.05, 4.69) is 5.32 Å². The number of carbonyl (C=O) groups excluding carboxylic acids is 2. The summed E-state index contributed by atoms with van der Waals surface area (Å²) >= 11 is 5.99. The molecule has 1 amide bonds. The second-order valence-corrected chi connectivity index (χ2v) is 5.58. The fourth-order valence-corrected chi connectivity index (χ4v) is 2.42. The van der Waals surface area contributed by atoms with Gasteiger partial charge in [0.2, 0.25) is 6.79 Å². The lowest BCUT2D eigenvalue weighted by molar-refractivity contribution is -0.124. The molecule has 1 aliphatic heterocycles. The molecule has 6 nitrogen and oxygen atoms in total. The van der Waals surface area contributed by atoms with Gasteiger partial charge in [0.05, 0.1) is 10.6 Å². The standard InChI is InChI=1S/C17H13ClFNO5/c18-13-5-11(6-14-16(13)25-9-24-14)17(22)23-8-15(21)20-7-10-1-3-12(19)4-2-10/h1-6H,7-9H2,(H,20,21). The van der Waals surface area contributed by atoms with E-state index in [1.807, 2.05) is 0 Å². The Morgan fingerprint density at radius 1 is 1.20 bits per heavy atom. The smallest absolute Gasteiger partial charge is 0.338 e. The third-order valence-corrected chi connectivity index (χ3v) is 3.68. The molecule has 0 bridgehead atoms. The molecule has 2 aromatic carbocycles. The maximum Gasteiger partial charge on any atom is 0.338 e. The first-order valence-electron chi connectivity index (χ1n) is 7.30. The summed E-state index contributed by atoms with van der Waals surface area (Å²) in [6, 6.07) is 8.52. The molecule has 0 aliphatic carbocycles. The summed E-state index contributed by atoms with van der Waals surface area (Å²) in [7, 11) is 0. The summed E-state index contributed by atoms with van der Waals surface area (Å²) in [5, 5.41) is 2.79. The highest BCUT2D eigenvalue weighted by atomic mass is 35.5. The van der Waals surface area contributed by atoms with Crippen molar-refractivity contribution in [1.82, 2.24) is 5.32 Å². The molecule has 0 fully saturated rings. The van der Waals surface area contributed by atoms with E-state index in [4.69, 9.17) is 25.8 Å². The number of esters is 1. The lowest BCUT2D eigenvalue weighted by Gasteiger charge is -2.08. The van der Waals surface area contributed by atoms with Crippen LogP contribution in [0.5, 0.6) is 11.5 Å². The van der Waals surface area contributed by atoms with E-state index in [0.29, 0.717) is 11.5 Å². The number of hydrogen-bond donors (Lipinski definition) is 1. The molecule has 8 heteroatoms. The van der Waals surface area contributed by atoms with Crippen molar-refractivity contribution in [1.29, 1.82) is 0 Å². The predicted octanol–water partition coefficient (Wildman–Crippen LogP) is 2.68. The molecule has 3 rings (SSSR count). The van der Waals surface area contributed by atoms with Crippen molar-refractivity contribution in [2.75, 3.05) is 13.4 Å². The monoisotopic (exact) mass is 365 g/mol. The van der Waals surface area contributed by atoms with Gasteiger partial charge in [0.25, 0.3) is 5.91 Å². The average Bonchev–Trinajstić information content (AvgIpc) is 3.08. The van der Waals surface area contributed by atoms with Crippen LogP contribution in [-0.2, 0) is 16.1 Å². The van der Waals surface area contributed by atoms with Crippen molar-refractivity contribution >= 4 is 23.5 Å². The summed E-state index contributed by atoms with van der Waals surface area (Å²) in [4.78, 5) is 23.8. The van der Waals surface area contributed by atoms with Crippen molar-refractivity contribution in [2.24, 2.45) is 0 Å². The lowest BCUT2D eigenvalue weighted by atomic mass is 10.2. The van der Waals surface area contributed by atoms with Gasteiger partial charge in [-0.15, -0.1) is 0 Å². The molecule has 1 N–H and O–H groups in total. The summed E-state index contributed by atoms with van der Waals surface area (Å²) in [5.41, 5.74) is 0.879.